The summed E-state index contributed by atoms with van der Waals surface area (Å²) in [4.78, 5) is 12.5. The lowest BCUT2D eigenvalue weighted by atomic mass is 10.1. The van der Waals surface area contributed by atoms with E-state index in [1.165, 1.54) is 0 Å². The maximum atomic E-state index is 12.5. The Bertz CT molecular complexity index is 881. The van der Waals surface area contributed by atoms with Crippen LogP contribution in [0.15, 0.2) is 47.1 Å². The number of benzene rings is 1. The van der Waals surface area contributed by atoms with E-state index in [0.29, 0.717) is 17.5 Å². The molecule has 0 bridgehead atoms. The van der Waals surface area contributed by atoms with Crippen LogP contribution in [0.4, 0.5) is 5.82 Å². The van der Waals surface area contributed by atoms with Crippen molar-refractivity contribution in [2.45, 2.75) is 33.3 Å². The van der Waals surface area contributed by atoms with Crippen molar-refractivity contribution < 1.29 is 14.1 Å². The summed E-state index contributed by atoms with van der Waals surface area (Å²) in [6.07, 6.45) is 1.86. The fourth-order valence-electron chi connectivity index (χ4n) is 2.24. The third kappa shape index (κ3) is 3.71. The first-order chi connectivity index (χ1) is 11.8. The quantitative estimate of drug-likeness (QED) is 0.771. The van der Waals surface area contributed by atoms with E-state index in [4.69, 9.17) is 9.26 Å². The van der Waals surface area contributed by atoms with Crippen molar-refractivity contribution in [1.82, 2.24) is 14.9 Å². The van der Waals surface area contributed by atoms with Gasteiger partial charge < -0.3 is 14.6 Å². The first-order valence-corrected chi connectivity index (χ1v) is 7.90. The van der Waals surface area contributed by atoms with Crippen LogP contribution in [0, 0.1) is 13.8 Å². The Kier molecular flexibility index (Phi) is 4.31. The summed E-state index contributed by atoms with van der Waals surface area (Å²) in [5.74, 6) is 1.03. The molecule has 0 aliphatic heterocycles. The highest BCUT2D eigenvalue weighted by molar-refractivity contribution is 5.96. The molecule has 3 aromatic rings. The summed E-state index contributed by atoms with van der Waals surface area (Å²) < 4.78 is 12.5. The number of hydrogen-bond acceptors (Lipinski definition) is 5. The van der Waals surface area contributed by atoms with Crippen molar-refractivity contribution in [3.63, 3.8) is 0 Å². The highest BCUT2D eigenvalue weighted by atomic mass is 16.5. The van der Waals surface area contributed by atoms with Gasteiger partial charge in [-0.1, -0.05) is 23.4 Å². The Labute approximate surface area is 145 Å². The van der Waals surface area contributed by atoms with Gasteiger partial charge >= 0.3 is 0 Å². The van der Waals surface area contributed by atoms with Crippen LogP contribution in [-0.4, -0.2) is 26.4 Å². The molecule has 0 fully saturated rings. The molecule has 0 spiro atoms. The average molecular weight is 340 g/mol. The number of carbonyl (C=O) groups excluding carboxylic acids is 1. The first kappa shape index (κ1) is 16.8. The number of rotatable bonds is 5. The van der Waals surface area contributed by atoms with Gasteiger partial charge in [0.1, 0.15) is 5.76 Å². The minimum atomic E-state index is -1.13. The molecule has 0 atom stereocenters. The van der Waals surface area contributed by atoms with Crippen molar-refractivity contribution in [2.75, 3.05) is 5.32 Å². The van der Waals surface area contributed by atoms with E-state index in [1.54, 1.807) is 31.5 Å². The fraction of sp³-hybridized carbons (Fsp3) is 0.278. The second-order valence-electron chi connectivity index (χ2n) is 6.29. The maximum absolute atomic E-state index is 12.5. The maximum Gasteiger partial charge on any atom is 0.269 e. The third-order valence-corrected chi connectivity index (χ3v) is 3.64. The number of aryl methyl sites for hydroxylation is 2. The molecule has 1 aromatic carbocycles. The molecular formula is C18H20N4O3. The largest absolute Gasteiger partial charge is 0.460 e. The van der Waals surface area contributed by atoms with Crippen molar-refractivity contribution >= 4 is 11.7 Å². The predicted molar refractivity (Wildman–Crippen MR) is 92.9 cm³/mol. The number of anilines is 1. The second kappa shape index (κ2) is 6.43. The first-order valence-electron chi connectivity index (χ1n) is 7.90. The molecule has 0 saturated carbocycles. The zero-order valence-corrected chi connectivity index (χ0v) is 14.6. The topological polar surface area (TPSA) is 82.2 Å². The fourth-order valence-corrected chi connectivity index (χ4v) is 2.24. The van der Waals surface area contributed by atoms with Gasteiger partial charge in [-0.05, 0) is 39.8 Å². The molecule has 0 unspecified atom stereocenters. The molecule has 0 aliphatic rings. The standard InChI is InChI=1S/C18H20N4O3/c1-12-11-22(14-8-6-5-7-9-14)20-16(12)24-18(3,4)17(23)19-15-10-13(2)25-21-15/h5-11H,1-4H3,(H,19,21,23). The van der Waals surface area contributed by atoms with Crippen LogP contribution in [0.25, 0.3) is 5.69 Å². The number of aromatic nitrogens is 3. The molecular weight excluding hydrogens is 320 g/mol. The van der Waals surface area contributed by atoms with Gasteiger partial charge in [0.2, 0.25) is 5.88 Å². The van der Waals surface area contributed by atoms with E-state index in [1.807, 2.05) is 43.5 Å². The van der Waals surface area contributed by atoms with E-state index in [0.717, 1.165) is 11.3 Å². The number of nitrogens with one attached hydrogen (secondary N) is 1. The van der Waals surface area contributed by atoms with Gasteiger partial charge in [-0.15, -0.1) is 5.10 Å². The Morgan fingerprint density at radius 3 is 2.60 bits per heavy atom. The van der Waals surface area contributed by atoms with Gasteiger partial charge in [0.15, 0.2) is 11.4 Å². The zero-order chi connectivity index (χ0) is 18.0. The normalized spacial score (nSPS) is 11.4. The van der Waals surface area contributed by atoms with Crippen LogP contribution in [0.5, 0.6) is 5.88 Å². The predicted octanol–water partition coefficient (Wildman–Crippen LogP) is 3.27. The molecule has 130 valence electrons. The van der Waals surface area contributed by atoms with Gasteiger partial charge in [0.25, 0.3) is 5.91 Å². The molecule has 0 radical (unpaired) electrons. The monoisotopic (exact) mass is 340 g/mol. The molecule has 2 aromatic heterocycles. The summed E-state index contributed by atoms with van der Waals surface area (Å²) in [6.45, 7) is 6.99. The van der Waals surface area contributed by atoms with Crippen LogP contribution in [0.2, 0.25) is 0 Å². The molecule has 0 aliphatic carbocycles. The number of hydrogen-bond donors (Lipinski definition) is 1. The third-order valence-electron chi connectivity index (χ3n) is 3.64. The van der Waals surface area contributed by atoms with Crippen molar-refractivity contribution in [3.05, 3.63) is 53.9 Å². The summed E-state index contributed by atoms with van der Waals surface area (Å²) in [5.41, 5.74) is 0.621. The number of para-hydroxylation sites is 1. The van der Waals surface area contributed by atoms with Crippen LogP contribution < -0.4 is 10.1 Å². The van der Waals surface area contributed by atoms with E-state index >= 15 is 0 Å². The van der Waals surface area contributed by atoms with Gasteiger partial charge in [-0.2, -0.15) is 0 Å². The lowest BCUT2D eigenvalue weighted by Gasteiger charge is -2.23. The summed E-state index contributed by atoms with van der Waals surface area (Å²) >= 11 is 0. The van der Waals surface area contributed by atoms with E-state index < -0.39 is 5.60 Å². The minimum Gasteiger partial charge on any atom is -0.460 e. The Morgan fingerprint density at radius 1 is 1.24 bits per heavy atom. The Balaban J connectivity index is 1.76. The molecule has 25 heavy (non-hydrogen) atoms. The van der Waals surface area contributed by atoms with Gasteiger partial charge in [-0.3, -0.25) is 4.79 Å². The zero-order valence-electron chi connectivity index (χ0n) is 14.6. The number of nitrogens with zero attached hydrogens (tertiary/aromatic N) is 3. The number of carbonyl (C=O) groups is 1. The molecule has 7 nitrogen and oxygen atoms in total. The van der Waals surface area contributed by atoms with Crippen molar-refractivity contribution in [1.29, 1.82) is 0 Å². The van der Waals surface area contributed by atoms with Crippen LogP contribution in [-0.2, 0) is 4.79 Å². The van der Waals surface area contributed by atoms with E-state index in [-0.39, 0.29) is 5.91 Å². The van der Waals surface area contributed by atoms with Gasteiger partial charge in [0.05, 0.1) is 5.69 Å². The van der Waals surface area contributed by atoms with Gasteiger partial charge in [0, 0.05) is 17.8 Å². The van der Waals surface area contributed by atoms with Crippen LogP contribution >= 0.6 is 0 Å². The number of ether oxygens (including phenoxy) is 1. The summed E-state index contributed by atoms with van der Waals surface area (Å²) in [5, 5.41) is 10.9. The summed E-state index contributed by atoms with van der Waals surface area (Å²) in [7, 11) is 0. The lowest BCUT2D eigenvalue weighted by molar-refractivity contribution is -0.128. The molecule has 2 heterocycles. The Hall–Kier alpha value is -3.09. The molecule has 0 saturated heterocycles. The van der Waals surface area contributed by atoms with Crippen molar-refractivity contribution in [3.8, 4) is 11.6 Å². The van der Waals surface area contributed by atoms with Gasteiger partial charge in [-0.25, -0.2) is 4.68 Å². The molecule has 3 rings (SSSR count). The SMILES string of the molecule is Cc1cc(NC(=O)C(C)(C)Oc2nn(-c3ccccc3)cc2C)no1. The second-order valence-corrected chi connectivity index (χ2v) is 6.29. The molecule has 7 heteroatoms. The van der Waals surface area contributed by atoms with E-state index in [9.17, 15) is 4.79 Å². The average Bonchev–Trinajstić information content (AvgIpc) is 3.14. The summed E-state index contributed by atoms with van der Waals surface area (Å²) in [6, 6.07) is 11.3. The highest BCUT2D eigenvalue weighted by Crippen LogP contribution is 2.23. The smallest absolute Gasteiger partial charge is 0.269 e. The minimum absolute atomic E-state index is 0.338. The molecule has 1 amide bonds. The van der Waals surface area contributed by atoms with E-state index in [2.05, 4.69) is 15.6 Å². The van der Waals surface area contributed by atoms with Crippen LogP contribution in [0.1, 0.15) is 25.2 Å². The van der Waals surface area contributed by atoms with Crippen LogP contribution in [0.3, 0.4) is 0 Å². The lowest BCUT2D eigenvalue weighted by Crippen LogP contribution is -2.42. The Morgan fingerprint density at radius 2 is 1.96 bits per heavy atom. The number of amides is 1. The molecule has 1 N–H and O–H groups in total. The highest BCUT2D eigenvalue weighted by Gasteiger charge is 2.32. The van der Waals surface area contributed by atoms with Crippen molar-refractivity contribution in [2.24, 2.45) is 0 Å².